The molecular weight excluding hydrogens is 605 g/mol. The number of hydrogen-bond acceptors (Lipinski definition) is 11. The van der Waals surface area contributed by atoms with Crippen LogP contribution in [0.3, 0.4) is 0 Å². The number of nitrogens with zero attached hydrogens (tertiary/aromatic N) is 6. The van der Waals surface area contributed by atoms with Crippen molar-refractivity contribution < 1.29 is 10.0 Å². The largest absolute Gasteiger partial charge is 0.454 e. The second-order valence-corrected chi connectivity index (χ2v) is 14.2. The fourth-order valence-corrected chi connectivity index (χ4v) is 9.29. The number of piperidine rings is 1. The number of rotatable bonds is 6. The van der Waals surface area contributed by atoms with Gasteiger partial charge in [0.1, 0.15) is 5.82 Å². The summed E-state index contributed by atoms with van der Waals surface area (Å²) in [7, 11) is -1.34. The fourth-order valence-electron chi connectivity index (χ4n) is 6.85. The van der Waals surface area contributed by atoms with E-state index in [2.05, 4.69) is 26.6 Å². The molecule has 4 N–H and O–H groups in total. The van der Waals surface area contributed by atoms with Gasteiger partial charge in [-0.05, 0) is 37.3 Å². The third kappa shape index (κ3) is 5.32. The number of nitrogens with two attached hydrogens (primary N) is 1. The van der Waals surface area contributed by atoms with Crippen molar-refractivity contribution >= 4 is 73.9 Å². The van der Waals surface area contributed by atoms with E-state index in [9.17, 15) is 14.8 Å². The molecular formula is C29H35BClN7O3S2. The summed E-state index contributed by atoms with van der Waals surface area (Å²) in [6, 6.07) is 7.97. The number of likely N-dealkylation sites (N-methyl/N-ethyl adjacent to an activating group) is 1. The van der Waals surface area contributed by atoms with Crippen molar-refractivity contribution in [2.75, 3.05) is 68.7 Å². The van der Waals surface area contributed by atoms with E-state index in [1.807, 2.05) is 28.8 Å². The monoisotopic (exact) mass is 639 g/mol. The summed E-state index contributed by atoms with van der Waals surface area (Å²) in [5, 5.41) is 21.4. The number of para-hydroxylation sites is 1. The molecule has 2 aromatic heterocycles. The molecule has 2 saturated heterocycles. The zero-order valence-corrected chi connectivity index (χ0v) is 26.5. The summed E-state index contributed by atoms with van der Waals surface area (Å²) >= 11 is 10.4. The van der Waals surface area contributed by atoms with Gasteiger partial charge in [-0.3, -0.25) is 9.47 Å². The summed E-state index contributed by atoms with van der Waals surface area (Å²) in [5.41, 5.74) is 9.32. The van der Waals surface area contributed by atoms with Crippen molar-refractivity contribution in [1.82, 2.24) is 24.3 Å². The van der Waals surface area contributed by atoms with E-state index in [1.54, 1.807) is 11.8 Å². The zero-order chi connectivity index (χ0) is 29.8. The highest BCUT2D eigenvalue weighted by Crippen LogP contribution is 2.49. The first-order valence-electron chi connectivity index (χ1n) is 14.9. The van der Waals surface area contributed by atoms with Crippen LogP contribution in [0.4, 0.5) is 10.9 Å². The second kappa shape index (κ2) is 11.8. The van der Waals surface area contributed by atoms with Gasteiger partial charge in [-0.25, -0.2) is 9.78 Å². The van der Waals surface area contributed by atoms with Crippen LogP contribution in [0, 0.1) is 0 Å². The number of nitrogen functional groups attached to an aromatic ring is 1. The Morgan fingerprint density at radius 2 is 1.84 bits per heavy atom. The van der Waals surface area contributed by atoms with E-state index in [1.165, 1.54) is 11.3 Å². The molecule has 10 nitrogen and oxygen atoms in total. The van der Waals surface area contributed by atoms with Gasteiger partial charge in [-0.15, -0.1) is 11.8 Å². The van der Waals surface area contributed by atoms with Gasteiger partial charge >= 0.3 is 12.8 Å². The van der Waals surface area contributed by atoms with E-state index in [4.69, 9.17) is 22.3 Å². The zero-order valence-electron chi connectivity index (χ0n) is 24.1. The van der Waals surface area contributed by atoms with E-state index < -0.39 is 7.12 Å². The number of anilines is 2. The number of benzene rings is 2. The molecule has 0 bridgehead atoms. The molecule has 0 amide bonds. The Hall–Kier alpha value is -2.39. The first kappa shape index (κ1) is 29.3. The van der Waals surface area contributed by atoms with Gasteiger partial charge in [0.05, 0.1) is 26.8 Å². The summed E-state index contributed by atoms with van der Waals surface area (Å²) in [4.78, 5) is 31.4. The first-order chi connectivity index (χ1) is 20.8. The number of piperazine rings is 1. The lowest BCUT2D eigenvalue weighted by atomic mass is 9.67. The SMILES string of the molecule is CCN1CCN(C[C@H]2CSc3c(-c4cccc5sc(N)nc45)c(Cl)cc4c(N5CCC(B(O)O)CC5)nc(=O)n2c34)CC1. The van der Waals surface area contributed by atoms with Crippen LogP contribution in [-0.2, 0) is 0 Å². The molecule has 5 heterocycles. The van der Waals surface area contributed by atoms with Gasteiger partial charge in [0.25, 0.3) is 0 Å². The number of fused-ring (bicyclic) bond motifs is 1. The van der Waals surface area contributed by atoms with Crippen molar-refractivity contribution in [3.63, 3.8) is 0 Å². The molecule has 0 aliphatic carbocycles. The molecule has 0 spiro atoms. The lowest BCUT2D eigenvalue weighted by Gasteiger charge is -2.38. The molecule has 0 saturated carbocycles. The highest BCUT2D eigenvalue weighted by Gasteiger charge is 2.34. The van der Waals surface area contributed by atoms with Crippen molar-refractivity contribution in [3.8, 4) is 11.1 Å². The van der Waals surface area contributed by atoms with Crippen LogP contribution in [0.5, 0.6) is 0 Å². The molecule has 2 aromatic carbocycles. The number of halogens is 1. The van der Waals surface area contributed by atoms with Gasteiger partial charge in [0, 0.05) is 73.0 Å². The van der Waals surface area contributed by atoms with Crippen LogP contribution < -0.4 is 16.3 Å². The normalized spacial score (nSPS) is 20.4. The molecule has 3 aliphatic rings. The van der Waals surface area contributed by atoms with Gasteiger partial charge in [0.2, 0.25) is 0 Å². The van der Waals surface area contributed by atoms with E-state index in [0.29, 0.717) is 41.9 Å². The predicted octanol–water partition coefficient (Wildman–Crippen LogP) is 3.64. The second-order valence-electron chi connectivity index (χ2n) is 11.7. The first-order valence-corrected chi connectivity index (χ1v) is 17.1. The van der Waals surface area contributed by atoms with Gasteiger partial charge in [-0.1, -0.05) is 42.0 Å². The lowest BCUT2D eigenvalue weighted by molar-refractivity contribution is 0.126. The number of thiazole rings is 1. The average Bonchev–Trinajstić information content (AvgIpc) is 3.40. The topological polar surface area (TPSA) is 124 Å². The summed E-state index contributed by atoms with van der Waals surface area (Å²) in [6.45, 7) is 9.24. The highest BCUT2D eigenvalue weighted by molar-refractivity contribution is 7.99. The van der Waals surface area contributed by atoms with Crippen molar-refractivity contribution in [2.45, 2.75) is 36.5 Å². The van der Waals surface area contributed by atoms with Gasteiger partial charge < -0.3 is 25.6 Å². The van der Waals surface area contributed by atoms with Crippen molar-refractivity contribution in [3.05, 3.63) is 39.8 Å². The molecule has 0 unspecified atom stereocenters. The average molecular weight is 640 g/mol. The van der Waals surface area contributed by atoms with Crippen LogP contribution in [-0.4, -0.2) is 99.6 Å². The predicted molar refractivity (Wildman–Crippen MR) is 178 cm³/mol. The molecule has 14 heteroatoms. The number of aromatic nitrogens is 3. The Morgan fingerprint density at radius 1 is 1.09 bits per heavy atom. The maximum Gasteiger partial charge on any atom is 0.454 e. The Labute approximate surface area is 263 Å². The van der Waals surface area contributed by atoms with Gasteiger partial charge in [-0.2, -0.15) is 4.98 Å². The van der Waals surface area contributed by atoms with E-state index in [-0.39, 0.29) is 17.5 Å². The minimum absolute atomic E-state index is 0.0303. The Balaban J connectivity index is 1.38. The van der Waals surface area contributed by atoms with E-state index >= 15 is 0 Å². The number of hydrogen-bond donors (Lipinski definition) is 3. The van der Waals surface area contributed by atoms with E-state index in [0.717, 1.165) is 82.2 Å². The van der Waals surface area contributed by atoms with Crippen LogP contribution >= 0.6 is 34.7 Å². The van der Waals surface area contributed by atoms with Crippen LogP contribution in [0.15, 0.2) is 34.0 Å². The third-order valence-corrected chi connectivity index (χ3v) is 11.6. The Kier molecular flexibility index (Phi) is 8.08. The highest BCUT2D eigenvalue weighted by atomic mass is 35.5. The molecule has 0 radical (unpaired) electrons. The molecule has 4 aromatic rings. The minimum Gasteiger partial charge on any atom is -0.427 e. The lowest BCUT2D eigenvalue weighted by Crippen LogP contribution is -2.49. The maximum atomic E-state index is 14.0. The van der Waals surface area contributed by atoms with Crippen molar-refractivity contribution in [2.24, 2.45) is 0 Å². The minimum atomic E-state index is -1.34. The van der Waals surface area contributed by atoms with Crippen LogP contribution in [0.1, 0.15) is 25.8 Å². The molecule has 43 heavy (non-hydrogen) atoms. The molecule has 1 atom stereocenters. The maximum absolute atomic E-state index is 14.0. The summed E-state index contributed by atoms with van der Waals surface area (Å²) in [6.07, 6.45) is 1.22. The smallest absolute Gasteiger partial charge is 0.427 e. The Bertz CT molecular complexity index is 1740. The van der Waals surface area contributed by atoms with Crippen molar-refractivity contribution in [1.29, 1.82) is 0 Å². The molecule has 7 rings (SSSR count). The number of thioether (sulfide) groups is 1. The quantitative estimate of drug-likeness (QED) is 0.270. The van der Waals surface area contributed by atoms with Crippen LogP contribution in [0.25, 0.3) is 32.2 Å². The standard InChI is InChI=1S/C29H35BClN7O3S2/c1-2-35-10-12-36(13-11-35)15-18-16-42-26-23(19-4-3-5-22-24(19)33-28(32)43-22)21(31)14-20-25(26)38(18)29(39)34-27(20)37-8-6-17(7-9-37)30(40)41/h3-5,14,17-18,40-41H,2,6-13,15-16H2,1H3,(H2,32,33)/t18-/m0/s1. The molecule has 3 aliphatic heterocycles. The van der Waals surface area contributed by atoms with Gasteiger partial charge in [0.15, 0.2) is 5.13 Å². The summed E-state index contributed by atoms with van der Waals surface area (Å²) in [5.74, 6) is 1.16. The molecule has 226 valence electrons. The fraction of sp³-hybridized carbons (Fsp3) is 0.483. The Morgan fingerprint density at radius 3 is 2.56 bits per heavy atom. The third-order valence-electron chi connectivity index (χ3n) is 9.23. The molecule has 2 fully saturated rings. The summed E-state index contributed by atoms with van der Waals surface area (Å²) < 4.78 is 2.90. The van der Waals surface area contributed by atoms with Crippen LogP contribution in [0.2, 0.25) is 10.8 Å².